The first-order valence-electron chi connectivity index (χ1n) is 19.3. The normalized spacial score (nSPS) is 22.2. The molecule has 0 aromatic carbocycles. The van der Waals surface area contributed by atoms with E-state index in [9.17, 15) is 24.3 Å². The van der Waals surface area contributed by atoms with Gasteiger partial charge < -0.3 is 25.8 Å². The topological polar surface area (TPSA) is 194 Å². The maximum atomic E-state index is 13.9. The predicted molar refractivity (Wildman–Crippen MR) is 200 cm³/mol. The largest absolute Gasteiger partial charge is 0.504 e. The highest BCUT2D eigenvalue weighted by atomic mass is 32.2. The van der Waals surface area contributed by atoms with Crippen LogP contribution in [0.2, 0.25) is 0 Å². The van der Waals surface area contributed by atoms with E-state index in [4.69, 9.17) is 29.1 Å². The lowest BCUT2D eigenvalue weighted by molar-refractivity contribution is -0.267. The second-order valence-electron chi connectivity index (χ2n) is 13.6. The third-order valence-electron chi connectivity index (χ3n) is 9.17. The summed E-state index contributed by atoms with van der Waals surface area (Å²) in [4.78, 5) is 16.8. The van der Waals surface area contributed by atoms with Gasteiger partial charge in [-0.15, -0.1) is 4.67 Å². The van der Waals surface area contributed by atoms with Crippen molar-refractivity contribution < 1.29 is 47.6 Å². The minimum atomic E-state index is -4.57. The van der Waals surface area contributed by atoms with Crippen molar-refractivity contribution in [2.45, 2.75) is 179 Å². The van der Waals surface area contributed by atoms with Gasteiger partial charge in [-0.2, -0.15) is 26.1 Å². The Kier molecular flexibility index (Phi) is 20.9. The van der Waals surface area contributed by atoms with E-state index in [-0.39, 0.29) is 28.8 Å². The van der Waals surface area contributed by atoms with Crippen LogP contribution >= 0.6 is 19.6 Å². The quantitative estimate of drug-likeness (QED) is 0.0156. The van der Waals surface area contributed by atoms with Gasteiger partial charge in [-0.1, -0.05) is 111 Å². The van der Waals surface area contributed by atoms with Gasteiger partial charge in [0.1, 0.15) is 24.4 Å². The summed E-state index contributed by atoms with van der Waals surface area (Å²) in [7, 11) is -4.57. The second-order valence-corrected chi connectivity index (χ2v) is 16.5. The van der Waals surface area contributed by atoms with Crippen LogP contribution in [-0.4, -0.2) is 83.2 Å². The molecule has 1 aliphatic rings. The van der Waals surface area contributed by atoms with Crippen LogP contribution in [-0.2, 0) is 27.9 Å². The number of imidazole rings is 1. The van der Waals surface area contributed by atoms with E-state index < -0.39 is 50.8 Å². The molecule has 8 atom stereocenters. The number of nitrogens with zero attached hydrogens (tertiary/aromatic N) is 4. The van der Waals surface area contributed by atoms with Crippen LogP contribution in [0.15, 0.2) is 6.33 Å². The molecule has 3 heterocycles. The molecule has 0 amide bonds. The van der Waals surface area contributed by atoms with Crippen molar-refractivity contribution in [3.8, 4) is 0 Å². The molecule has 0 bridgehead atoms. The highest BCUT2D eigenvalue weighted by Gasteiger charge is 2.50. The van der Waals surface area contributed by atoms with Gasteiger partial charge in [0.15, 0.2) is 29.5 Å². The highest BCUT2D eigenvalue weighted by molar-refractivity contribution is 7.99. The highest BCUT2D eigenvalue weighted by Crippen LogP contribution is 2.52. The van der Waals surface area contributed by atoms with Crippen LogP contribution in [0.1, 0.15) is 143 Å². The van der Waals surface area contributed by atoms with E-state index in [2.05, 4.69) is 28.8 Å². The number of aliphatic hydroxyl groups excluding tert-OH is 3. The molecule has 0 radical (unpaired) electrons. The van der Waals surface area contributed by atoms with E-state index in [0.717, 1.165) is 42.4 Å². The predicted octanol–water partition coefficient (Wildman–Crippen LogP) is 7.76. The molecule has 300 valence electrons. The summed E-state index contributed by atoms with van der Waals surface area (Å²) in [6.45, 7) is 8.03. The molecule has 4 unspecified atom stereocenters. The maximum absolute atomic E-state index is 13.9. The molecular formula is C35H63FN5O9PS. The number of hydrogen-bond donors (Lipinski definition) is 4. The first-order valence-corrected chi connectivity index (χ1v) is 21.8. The fraction of sp³-hybridized carbons (Fsp3) is 0.857. The summed E-state index contributed by atoms with van der Waals surface area (Å²) in [6, 6.07) is 0. The van der Waals surface area contributed by atoms with Gasteiger partial charge in [-0.3, -0.25) is 13.6 Å². The Labute approximate surface area is 312 Å². The number of nitrogens with two attached hydrogens (primary N) is 1. The molecule has 2 aromatic rings. The van der Waals surface area contributed by atoms with Crippen LogP contribution in [0, 0.1) is 6.08 Å². The number of anilines is 1. The lowest BCUT2D eigenvalue weighted by atomic mass is 10.1. The molecule has 0 aliphatic carbocycles. The minimum absolute atomic E-state index is 0.0386. The van der Waals surface area contributed by atoms with E-state index in [0.29, 0.717) is 6.42 Å². The van der Waals surface area contributed by atoms with E-state index >= 15 is 0 Å². The standard InChI is InChI=1S/C35H63FN5O9PS/c1-5-8-10-12-13-14-15-16-18-20-23-52-26(21-19-17-11-9-6-2)25(4)48-50-51(45,46-22-7-3)49-34(44)30-28(42)29(43)33(47-30)41-24-38-27-31(37)39-35(36)40-32(27)41/h24-26,28-30,33-34,42-44H,5-23H2,1-4H3,(H2,37,39,40)/t25?,26?,28-,29-,30-,33+,34?,51?/m0/s1. The zero-order chi connectivity index (χ0) is 37.9. The van der Waals surface area contributed by atoms with Crippen LogP contribution in [0.3, 0.4) is 0 Å². The molecular weight excluding hydrogens is 716 g/mol. The second kappa shape index (κ2) is 24.1. The average molecular weight is 780 g/mol. The number of halogens is 1. The molecule has 17 heteroatoms. The monoisotopic (exact) mass is 779 g/mol. The Balaban J connectivity index is 1.57. The summed E-state index contributed by atoms with van der Waals surface area (Å²) in [5, 5.41) is 32.6. The van der Waals surface area contributed by atoms with Gasteiger partial charge in [0.25, 0.3) is 0 Å². The van der Waals surface area contributed by atoms with Crippen molar-refractivity contribution >= 4 is 36.6 Å². The number of ether oxygens (including phenoxy) is 1. The summed E-state index contributed by atoms with van der Waals surface area (Å²) >= 11 is 1.82. The number of hydrogen-bond acceptors (Lipinski definition) is 14. The zero-order valence-corrected chi connectivity index (χ0v) is 33.2. The summed E-state index contributed by atoms with van der Waals surface area (Å²) < 4.78 is 50.7. The van der Waals surface area contributed by atoms with Gasteiger partial charge in [-0.25, -0.2) is 14.4 Å². The van der Waals surface area contributed by atoms with Crippen molar-refractivity contribution in [1.82, 2.24) is 19.5 Å². The van der Waals surface area contributed by atoms with Crippen molar-refractivity contribution in [1.29, 1.82) is 0 Å². The molecule has 3 rings (SSSR count). The number of aliphatic hydroxyl groups is 3. The Bertz CT molecular complexity index is 1330. The Morgan fingerprint density at radius 3 is 2.19 bits per heavy atom. The number of phosphoric acid groups is 1. The number of nitrogen functional groups attached to an aromatic ring is 1. The van der Waals surface area contributed by atoms with Gasteiger partial charge in [0.2, 0.25) is 0 Å². The van der Waals surface area contributed by atoms with Crippen molar-refractivity contribution in [2.75, 3.05) is 18.1 Å². The average Bonchev–Trinajstić information content (AvgIpc) is 3.67. The van der Waals surface area contributed by atoms with Crippen LogP contribution in [0.4, 0.5) is 10.2 Å². The first-order chi connectivity index (χ1) is 25.0. The molecule has 2 aromatic heterocycles. The van der Waals surface area contributed by atoms with Crippen molar-refractivity contribution in [3.05, 3.63) is 12.4 Å². The number of thioether (sulfide) groups is 1. The van der Waals surface area contributed by atoms with Gasteiger partial charge >= 0.3 is 13.9 Å². The zero-order valence-electron chi connectivity index (χ0n) is 31.4. The van der Waals surface area contributed by atoms with Crippen LogP contribution in [0.25, 0.3) is 11.2 Å². The smallest absolute Gasteiger partial charge is 0.387 e. The van der Waals surface area contributed by atoms with E-state index in [1.54, 1.807) is 6.92 Å². The Morgan fingerprint density at radius 1 is 0.942 bits per heavy atom. The van der Waals surface area contributed by atoms with Gasteiger partial charge in [-0.05, 0) is 31.9 Å². The first kappa shape index (κ1) is 44.9. The van der Waals surface area contributed by atoms with Gasteiger partial charge in [0.05, 0.1) is 12.9 Å². The summed E-state index contributed by atoms with van der Waals surface area (Å²) in [5.41, 5.74) is 5.68. The third kappa shape index (κ3) is 14.3. The van der Waals surface area contributed by atoms with E-state index in [1.807, 2.05) is 18.7 Å². The number of fused-ring (bicyclic) bond motifs is 1. The lowest BCUT2D eigenvalue weighted by Gasteiger charge is -2.27. The minimum Gasteiger partial charge on any atom is -0.387 e. The molecule has 52 heavy (non-hydrogen) atoms. The Morgan fingerprint density at radius 2 is 1.56 bits per heavy atom. The SMILES string of the molecule is CCCCCCCCCCCCSC(CCCCCCC)C(C)OOP(=O)(OCCC)OC(O)[C@H]1O[C@@H](n2cnc3c(N)nc(F)nc32)[C@@H](O)[C@@H]1O. The molecule has 14 nitrogen and oxygen atoms in total. The fourth-order valence-electron chi connectivity index (χ4n) is 6.12. The molecule has 5 N–H and O–H groups in total. The van der Waals surface area contributed by atoms with Crippen molar-refractivity contribution in [2.24, 2.45) is 0 Å². The van der Waals surface area contributed by atoms with Crippen molar-refractivity contribution in [3.63, 3.8) is 0 Å². The molecule has 1 saturated heterocycles. The molecule has 0 spiro atoms. The maximum Gasteiger partial charge on any atom is 0.504 e. The van der Waals surface area contributed by atoms with Gasteiger partial charge in [0, 0.05) is 5.25 Å². The Hall–Kier alpha value is -1.46. The third-order valence-corrected chi connectivity index (χ3v) is 12.0. The number of phosphoric ester groups is 1. The summed E-state index contributed by atoms with van der Waals surface area (Å²) in [5.74, 6) is 0.742. The number of unbranched alkanes of at least 4 members (excludes halogenated alkanes) is 13. The van der Waals surface area contributed by atoms with Crippen LogP contribution < -0.4 is 5.73 Å². The molecule has 1 aliphatic heterocycles. The molecule has 1 fully saturated rings. The summed E-state index contributed by atoms with van der Waals surface area (Å²) in [6.07, 6.45) is 10.8. The number of aromatic nitrogens is 4. The number of rotatable bonds is 29. The molecule has 0 saturated carbocycles. The van der Waals surface area contributed by atoms with Crippen LogP contribution in [0.5, 0.6) is 0 Å². The fourth-order valence-corrected chi connectivity index (χ4v) is 8.62. The lowest BCUT2D eigenvalue weighted by Crippen LogP contribution is -2.39. The van der Waals surface area contributed by atoms with E-state index in [1.165, 1.54) is 77.0 Å².